The number of nitrogens with one attached hydrogen (secondary N) is 1. The van der Waals surface area contributed by atoms with Crippen molar-refractivity contribution in [1.82, 2.24) is 15.0 Å². The Labute approximate surface area is 184 Å². The summed E-state index contributed by atoms with van der Waals surface area (Å²) in [6, 6.07) is 24.9. The number of aliphatic carboxylic acids is 1. The molecule has 4 aromatic rings. The average Bonchev–Trinajstić information content (AvgIpc) is 3.23. The molecule has 0 fully saturated rings. The minimum Gasteiger partial charge on any atom is -0.480 e. The number of carboxylic acids is 1. The third-order valence-electron chi connectivity index (χ3n) is 4.76. The standard InChI is InChI=1S/C24H22N4O2S/c25-20(23(29)30)14-18-12-7-13-19(26-18)15-31-24-27-21(16-8-3-1-4-9-16)22(28-24)17-10-5-2-6-11-17/h1-13,20H,14-15,25H2,(H,27,28)(H,29,30). The molecular weight excluding hydrogens is 408 g/mol. The molecule has 7 heteroatoms. The number of benzene rings is 2. The molecule has 1 atom stereocenters. The summed E-state index contributed by atoms with van der Waals surface area (Å²) in [6.07, 6.45) is 0.199. The second-order valence-electron chi connectivity index (χ2n) is 7.06. The number of aromatic amines is 1. The zero-order chi connectivity index (χ0) is 21.6. The first-order valence-corrected chi connectivity index (χ1v) is 10.9. The molecule has 2 heterocycles. The van der Waals surface area contributed by atoms with Crippen LogP contribution in [0.5, 0.6) is 0 Å². The van der Waals surface area contributed by atoms with Crippen molar-refractivity contribution in [3.05, 3.63) is 90.3 Å². The Morgan fingerprint density at radius 3 is 2.23 bits per heavy atom. The summed E-state index contributed by atoms with van der Waals surface area (Å²) in [4.78, 5) is 23.9. The maximum Gasteiger partial charge on any atom is 0.320 e. The molecule has 0 aliphatic carbocycles. The summed E-state index contributed by atoms with van der Waals surface area (Å²) in [5, 5.41) is 9.81. The molecule has 4 rings (SSSR count). The highest BCUT2D eigenvalue weighted by Gasteiger charge is 2.15. The smallest absolute Gasteiger partial charge is 0.320 e. The monoisotopic (exact) mass is 430 g/mol. The van der Waals surface area contributed by atoms with Crippen molar-refractivity contribution in [2.24, 2.45) is 5.73 Å². The lowest BCUT2D eigenvalue weighted by molar-refractivity contribution is -0.138. The van der Waals surface area contributed by atoms with Crippen LogP contribution in [0.2, 0.25) is 0 Å². The van der Waals surface area contributed by atoms with Crippen molar-refractivity contribution < 1.29 is 9.90 Å². The number of hydrogen-bond donors (Lipinski definition) is 3. The van der Waals surface area contributed by atoms with Gasteiger partial charge in [0.25, 0.3) is 0 Å². The molecule has 0 aliphatic heterocycles. The largest absolute Gasteiger partial charge is 0.480 e. The highest BCUT2D eigenvalue weighted by atomic mass is 32.2. The topological polar surface area (TPSA) is 105 Å². The van der Waals surface area contributed by atoms with E-state index in [0.29, 0.717) is 11.4 Å². The van der Waals surface area contributed by atoms with E-state index < -0.39 is 12.0 Å². The van der Waals surface area contributed by atoms with E-state index in [2.05, 4.69) is 22.1 Å². The van der Waals surface area contributed by atoms with Crippen LogP contribution in [0.15, 0.2) is 84.0 Å². The van der Waals surface area contributed by atoms with Gasteiger partial charge in [-0.1, -0.05) is 78.5 Å². The minimum atomic E-state index is -1.03. The molecule has 1 unspecified atom stereocenters. The lowest BCUT2D eigenvalue weighted by Gasteiger charge is -2.07. The molecule has 4 N–H and O–H groups in total. The summed E-state index contributed by atoms with van der Waals surface area (Å²) in [5.41, 5.74) is 11.2. The highest BCUT2D eigenvalue weighted by molar-refractivity contribution is 7.98. The van der Waals surface area contributed by atoms with Gasteiger partial charge in [0.1, 0.15) is 6.04 Å². The van der Waals surface area contributed by atoms with Crippen LogP contribution >= 0.6 is 11.8 Å². The minimum absolute atomic E-state index is 0.199. The maximum atomic E-state index is 11.0. The lowest BCUT2D eigenvalue weighted by Crippen LogP contribution is -2.32. The number of aromatic nitrogens is 3. The summed E-state index contributed by atoms with van der Waals surface area (Å²) in [7, 11) is 0. The van der Waals surface area contributed by atoms with E-state index in [1.807, 2.05) is 60.7 Å². The number of hydrogen-bond acceptors (Lipinski definition) is 5. The summed E-state index contributed by atoms with van der Waals surface area (Å²) >= 11 is 1.56. The van der Waals surface area contributed by atoms with E-state index >= 15 is 0 Å². The van der Waals surface area contributed by atoms with Crippen LogP contribution in [-0.4, -0.2) is 32.1 Å². The predicted octanol–water partition coefficient (Wildman–Crippen LogP) is 4.39. The number of imidazole rings is 1. The van der Waals surface area contributed by atoms with Crippen molar-refractivity contribution >= 4 is 17.7 Å². The van der Waals surface area contributed by atoms with Crippen LogP contribution in [0.3, 0.4) is 0 Å². The van der Waals surface area contributed by atoms with Crippen molar-refractivity contribution in [3.63, 3.8) is 0 Å². The van der Waals surface area contributed by atoms with E-state index in [1.54, 1.807) is 17.8 Å². The van der Waals surface area contributed by atoms with Crippen molar-refractivity contribution in [3.8, 4) is 22.5 Å². The number of carboxylic acid groups (broad SMARTS) is 1. The Hall–Kier alpha value is -3.42. The first kappa shape index (κ1) is 20.8. The van der Waals surface area contributed by atoms with Crippen LogP contribution in [-0.2, 0) is 17.0 Å². The molecule has 0 saturated heterocycles. The van der Waals surface area contributed by atoms with Crippen molar-refractivity contribution in [2.75, 3.05) is 0 Å². The first-order valence-electron chi connectivity index (χ1n) is 9.87. The lowest BCUT2D eigenvalue weighted by atomic mass is 10.1. The Morgan fingerprint density at radius 1 is 0.903 bits per heavy atom. The van der Waals surface area contributed by atoms with Gasteiger partial charge in [0.15, 0.2) is 5.16 Å². The molecule has 0 spiro atoms. The molecule has 2 aromatic heterocycles. The molecular formula is C24H22N4O2S. The third-order valence-corrected chi connectivity index (χ3v) is 5.67. The number of rotatable bonds is 8. The van der Waals surface area contributed by atoms with Gasteiger partial charge < -0.3 is 15.8 Å². The normalized spacial score (nSPS) is 11.9. The van der Waals surface area contributed by atoms with Gasteiger partial charge in [-0.25, -0.2) is 4.98 Å². The van der Waals surface area contributed by atoms with Crippen LogP contribution in [0.25, 0.3) is 22.5 Å². The van der Waals surface area contributed by atoms with Crippen LogP contribution in [0, 0.1) is 0 Å². The Morgan fingerprint density at radius 2 is 1.55 bits per heavy atom. The van der Waals surface area contributed by atoms with Crippen molar-refractivity contribution in [1.29, 1.82) is 0 Å². The van der Waals surface area contributed by atoms with Gasteiger partial charge in [-0.3, -0.25) is 9.78 Å². The molecule has 6 nitrogen and oxygen atoms in total. The van der Waals surface area contributed by atoms with Crippen LogP contribution in [0.4, 0.5) is 0 Å². The Bertz CT molecular complexity index is 1110. The van der Waals surface area contributed by atoms with Crippen LogP contribution < -0.4 is 5.73 Å². The van der Waals surface area contributed by atoms with Gasteiger partial charge in [0.05, 0.1) is 17.1 Å². The van der Waals surface area contributed by atoms with E-state index in [1.165, 1.54) is 0 Å². The van der Waals surface area contributed by atoms with Gasteiger partial charge in [-0.05, 0) is 12.1 Å². The SMILES string of the molecule is NC(Cc1cccc(CSc2nc(-c3ccccc3)c(-c3ccccc3)[nH]2)n1)C(=O)O. The quantitative estimate of drug-likeness (QED) is 0.358. The Balaban J connectivity index is 1.56. The Kier molecular flexibility index (Phi) is 6.45. The van der Waals surface area contributed by atoms with Crippen LogP contribution in [0.1, 0.15) is 11.4 Å². The molecule has 0 bridgehead atoms. The van der Waals surface area contributed by atoms with Crippen molar-refractivity contribution in [2.45, 2.75) is 23.4 Å². The number of nitrogens with zero attached hydrogens (tertiary/aromatic N) is 2. The van der Waals surface area contributed by atoms with E-state index in [4.69, 9.17) is 15.8 Å². The molecule has 31 heavy (non-hydrogen) atoms. The third kappa shape index (κ3) is 5.20. The van der Waals surface area contributed by atoms with E-state index in [9.17, 15) is 4.79 Å². The van der Waals surface area contributed by atoms with E-state index in [0.717, 1.165) is 33.4 Å². The van der Waals surface area contributed by atoms with E-state index in [-0.39, 0.29) is 6.42 Å². The summed E-state index contributed by atoms with van der Waals surface area (Å²) in [5.74, 6) is -0.425. The molecule has 0 amide bonds. The maximum absolute atomic E-state index is 11.0. The molecule has 0 saturated carbocycles. The molecule has 156 valence electrons. The predicted molar refractivity (Wildman–Crippen MR) is 123 cm³/mol. The number of carbonyl (C=O) groups is 1. The van der Waals surface area contributed by atoms with Gasteiger partial charge in [0.2, 0.25) is 0 Å². The first-order chi connectivity index (χ1) is 15.1. The fraction of sp³-hybridized carbons (Fsp3) is 0.125. The average molecular weight is 431 g/mol. The van der Waals surface area contributed by atoms with Gasteiger partial charge >= 0.3 is 5.97 Å². The van der Waals surface area contributed by atoms with Gasteiger partial charge in [-0.2, -0.15) is 0 Å². The zero-order valence-electron chi connectivity index (χ0n) is 16.7. The van der Waals surface area contributed by atoms with Gasteiger partial charge in [-0.15, -0.1) is 0 Å². The number of nitrogens with two attached hydrogens (primary N) is 1. The fourth-order valence-corrected chi connectivity index (χ4v) is 3.99. The second kappa shape index (κ2) is 9.59. The second-order valence-corrected chi connectivity index (χ2v) is 8.02. The summed E-state index contributed by atoms with van der Waals surface area (Å²) in [6.45, 7) is 0. The fourth-order valence-electron chi connectivity index (χ4n) is 3.22. The number of H-pyrrole nitrogens is 1. The highest BCUT2D eigenvalue weighted by Crippen LogP contribution is 2.33. The number of pyridine rings is 1. The summed E-state index contributed by atoms with van der Waals surface area (Å²) < 4.78 is 0. The molecule has 0 radical (unpaired) electrons. The van der Waals surface area contributed by atoms with Gasteiger partial charge in [0, 0.05) is 29.0 Å². The zero-order valence-corrected chi connectivity index (χ0v) is 17.5. The number of thioether (sulfide) groups is 1. The molecule has 2 aromatic carbocycles. The molecule has 0 aliphatic rings.